The highest BCUT2D eigenvalue weighted by Crippen LogP contribution is 2.21. The number of hydrogen-bond acceptors (Lipinski definition) is 2. The fourth-order valence-electron chi connectivity index (χ4n) is 2.11. The molecule has 0 bridgehead atoms. The van der Waals surface area contributed by atoms with Gasteiger partial charge in [-0.05, 0) is 24.9 Å². The summed E-state index contributed by atoms with van der Waals surface area (Å²) in [7, 11) is 1.70. The summed E-state index contributed by atoms with van der Waals surface area (Å²) in [6.07, 6.45) is -0.528. The Morgan fingerprint density at radius 2 is 1.59 bits per heavy atom. The molecule has 124 valence electrons. The molecule has 0 saturated heterocycles. The van der Waals surface area contributed by atoms with Crippen LogP contribution in [0.1, 0.15) is 39.0 Å². The van der Waals surface area contributed by atoms with Crippen LogP contribution in [0.5, 0.6) is 0 Å². The highest BCUT2D eigenvalue weighted by atomic mass is 19.3. The first-order valence-corrected chi connectivity index (χ1v) is 7.88. The van der Waals surface area contributed by atoms with Gasteiger partial charge in [0, 0.05) is 23.8 Å². The van der Waals surface area contributed by atoms with Crippen molar-refractivity contribution in [2.75, 3.05) is 13.6 Å². The zero-order chi connectivity index (χ0) is 17.1. The van der Waals surface area contributed by atoms with Crippen LogP contribution < -0.4 is 0 Å². The lowest BCUT2D eigenvalue weighted by molar-refractivity contribution is 0.0977. The number of halogens is 2. The van der Waals surface area contributed by atoms with Crippen LogP contribution in [-0.4, -0.2) is 29.9 Å². The molecule has 0 unspecified atom stereocenters. The van der Waals surface area contributed by atoms with E-state index in [-0.39, 0.29) is 6.54 Å². The van der Waals surface area contributed by atoms with Gasteiger partial charge in [-0.2, -0.15) is 0 Å². The summed E-state index contributed by atoms with van der Waals surface area (Å²) < 4.78 is 24.6. The predicted octanol–water partition coefficient (Wildman–Crippen LogP) is 5.29. The molecule has 0 radical (unpaired) electrons. The molecule has 1 aromatic heterocycles. The zero-order valence-corrected chi connectivity index (χ0v) is 14.5. The van der Waals surface area contributed by atoms with Crippen molar-refractivity contribution in [3.8, 4) is 0 Å². The van der Waals surface area contributed by atoms with Crippen LogP contribution >= 0.6 is 0 Å². The minimum Gasteiger partial charge on any atom is -0.296 e. The standard InChI is InChI=1S/C14H16F2N2.2C2H6/c1-10-12-5-3-4-6-13(12)11(7-17-10)8-18(2)9-14(15)16;2*1-2/h3-7,14H,8-9H2,1-2H3;2*1-2H3. The van der Waals surface area contributed by atoms with Gasteiger partial charge in [-0.1, -0.05) is 52.0 Å². The smallest absolute Gasteiger partial charge is 0.251 e. The monoisotopic (exact) mass is 310 g/mol. The topological polar surface area (TPSA) is 16.1 Å². The van der Waals surface area contributed by atoms with Crippen molar-refractivity contribution < 1.29 is 8.78 Å². The van der Waals surface area contributed by atoms with Crippen molar-refractivity contribution in [2.24, 2.45) is 0 Å². The summed E-state index contributed by atoms with van der Waals surface area (Å²) >= 11 is 0. The Bertz CT molecular complexity index is 542. The van der Waals surface area contributed by atoms with Gasteiger partial charge in [0.15, 0.2) is 0 Å². The summed E-state index contributed by atoms with van der Waals surface area (Å²) in [6, 6.07) is 7.94. The summed E-state index contributed by atoms with van der Waals surface area (Å²) in [5, 5.41) is 2.17. The Hall–Kier alpha value is -1.55. The van der Waals surface area contributed by atoms with Crippen molar-refractivity contribution >= 4 is 10.8 Å². The van der Waals surface area contributed by atoms with E-state index in [1.807, 2.05) is 58.9 Å². The SMILES string of the molecule is CC.CC.Cc1ncc(CN(C)CC(F)F)c2ccccc12. The number of alkyl halides is 2. The molecule has 2 nitrogen and oxygen atoms in total. The van der Waals surface area contributed by atoms with Crippen LogP contribution in [0.25, 0.3) is 10.8 Å². The van der Waals surface area contributed by atoms with E-state index in [1.54, 1.807) is 18.1 Å². The molecule has 22 heavy (non-hydrogen) atoms. The average molecular weight is 310 g/mol. The first-order valence-electron chi connectivity index (χ1n) is 7.88. The number of rotatable bonds is 4. The molecule has 0 saturated carbocycles. The van der Waals surface area contributed by atoms with Gasteiger partial charge in [-0.25, -0.2) is 8.78 Å². The van der Waals surface area contributed by atoms with E-state index in [0.717, 1.165) is 22.0 Å². The van der Waals surface area contributed by atoms with Crippen LogP contribution in [0.15, 0.2) is 30.5 Å². The third-order valence-electron chi connectivity index (χ3n) is 2.97. The molecule has 0 aliphatic carbocycles. The lowest BCUT2D eigenvalue weighted by Gasteiger charge is -2.17. The zero-order valence-electron chi connectivity index (χ0n) is 14.5. The quantitative estimate of drug-likeness (QED) is 0.762. The molecule has 0 aliphatic rings. The number of hydrogen-bond donors (Lipinski definition) is 0. The van der Waals surface area contributed by atoms with E-state index in [4.69, 9.17) is 0 Å². The normalized spacial score (nSPS) is 10.1. The minimum absolute atomic E-state index is 0.220. The number of nitrogens with zero attached hydrogens (tertiary/aromatic N) is 2. The fraction of sp³-hybridized carbons (Fsp3) is 0.500. The van der Waals surface area contributed by atoms with Gasteiger partial charge in [0.2, 0.25) is 0 Å². The third kappa shape index (κ3) is 6.06. The molecule has 2 rings (SSSR count). The molecule has 2 aromatic rings. The number of fused-ring (bicyclic) bond motifs is 1. The first kappa shape index (κ1) is 20.5. The number of pyridine rings is 1. The van der Waals surface area contributed by atoms with Crippen molar-refractivity contribution in [1.29, 1.82) is 0 Å². The maximum absolute atomic E-state index is 12.3. The lowest BCUT2D eigenvalue weighted by atomic mass is 10.1. The van der Waals surface area contributed by atoms with E-state index < -0.39 is 6.43 Å². The van der Waals surface area contributed by atoms with Gasteiger partial charge in [0.1, 0.15) is 0 Å². The van der Waals surface area contributed by atoms with Gasteiger partial charge < -0.3 is 0 Å². The van der Waals surface area contributed by atoms with Crippen molar-refractivity contribution in [2.45, 2.75) is 47.6 Å². The van der Waals surface area contributed by atoms with E-state index in [2.05, 4.69) is 4.98 Å². The largest absolute Gasteiger partial charge is 0.296 e. The number of benzene rings is 1. The van der Waals surface area contributed by atoms with Gasteiger partial charge in [0.25, 0.3) is 6.43 Å². The van der Waals surface area contributed by atoms with E-state index in [1.165, 1.54) is 0 Å². The molecule has 4 heteroatoms. The van der Waals surface area contributed by atoms with E-state index in [0.29, 0.717) is 6.54 Å². The maximum atomic E-state index is 12.3. The third-order valence-corrected chi connectivity index (χ3v) is 2.97. The maximum Gasteiger partial charge on any atom is 0.251 e. The molecule has 0 aliphatic heterocycles. The summed E-state index contributed by atoms with van der Waals surface area (Å²) in [5.74, 6) is 0. The number of aryl methyl sites for hydroxylation is 1. The summed E-state index contributed by atoms with van der Waals surface area (Å²) in [6.45, 7) is 10.2. The minimum atomic E-state index is -2.31. The van der Waals surface area contributed by atoms with Crippen LogP contribution in [0.3, 0.4) is 0 Å². The van der Waals surface area contributed by atoms with Gasteiger partial charge in [-0.3, -0.25) is 9.88 Å². The molecule has 1 heterocycles. The van der Waals surface area contributed by atoms with Crippen LogP contribution in [0.2, 0.25) is 0 Å². The Morgan fingerprint density at radius 3 is 2.14 bits per heavy atom. The lowest BCUT2D eigenvalue weighted by Crippen LogP contribution is -2.24. The van der Waals surface area contributed by atoms with Crippen molar-refractivity contribution in [1.82, 2.24) is 9.88 Å². The predicted molar refractivity (Wildman–Crippen MR) is 91.5 cm³/mol. The van der Waals surface area contributed by atoms with Gasteiger partial charge >= 0.3 is 0 Å². The molecule has 0 N–H and O–H groups in total. The second-order valence-electron chi connectivity index (χ2n) is 4.50. The van der Waals surface area contributed by atoms with Crippen molar-refractivity contribution in [3.05, 3.63) is 41.7 Å². The molecule has 0 atom stereocenters. The summed E-state index contributed by atoms with van der Waals surface area (Å²) in [4.78, 5) is 5.94. The fourth-order valence-corrected chi connectivity index (χ4v) is 2.11. The Morgan fingerprint density at radius 1 is 1.05 bits per heavy atom. The Labute approximate surface area is 133 Å². The van der Waals surface area contributed by atoms with Crippen molar-refractivity contribution in [3.63, 3.8) is 0 Å². The Kier molecular flexibility index (Phi) is 10.3. The molecular formula is C18H28F2N2. The van der Waals surface area contributed by atoms with Crippen LogP contribution in [0, 0.1) is 6.92 Å². The molecular weight excluding hydrogens is 282 g/mol. The second kappa shape index (κ2) is 11.1. The van der Waals surface area contributed by atoms with Crippen LogP contribution in [-0.2, 0) is 6.54 Å². The van der Waals surface area contributed by atoms with E-state index in [9.17, 15) is 8.78 Å². The molecule has 0 spiro atoms. The molecule has 1 aromatic carbocycles. The van der Waals surface area contributed by atoms with Gasteiger partial charge in [0.05, 0.1) is 6.54 Å². The highest BCUT2D eigenvalue weighted by molar-refractivity contribution is 5.87. The van der Waals surface area contributed by atoms with Crippen LogP contribution in [0.4, 0.5) is 8.78 Å². The average Bonchev–Trinajstić information content (AvgIpc) is 2.53. The first-order chi connectivity index (χ1) is 10.6. The second-order valence-corrected chi connectivity index (χ2v) is 4.50. The number of aromatic nitrogens is 1. The van der Waals surface area contributed by atoms with E-state index >= 15 is 0 Å². The van der Waals surface area contributed by atoms with Gasteiger partial charge in [-0.15, -0.1) is 0 Å². The highest BCUT2D eigenvalue weighted by Gasteiger charge is 2.10. The molecule has 0 fully saturated rings. The molecule has 0 amide bonds. The summed E-state index contributed by atoms with van der Waals surface area (Å²) in [5.41, 5.74) is 1.95. The Balaban J connectivity index is 0.00000102.